The zero-order chi connectivity index (χ0) is 11.4. The van der Waals surface area contributed by atoms with Gasteiger partial charge in [0.1, 0.15) is 5.75 Å². The van der Waals surface area contributed by atoms with Gasteiger partial charge in [0.25, 0.3) is 0 Å². The number of pyridine rings is 1. The van der Waals surface area contributed by atoms with Crippen molar-refractivity contribution in [1.29, 1.82) is 0 Å². The molecule has 0 radical (unpaired) electrons. The molecule has 0 saturated carbocycles. The summed E-state index contributed by atoms with van der Waals surface area (Å²) in [6, 6.07) is 4.45. The van der Waals surface area contributed by atoms with E-state index in [1.165, 1.54) is 37.7 Å². The highest BCUT2D eigenvalue weighted by Crippen LogP contribution is 2.17. The molecule has 0 aliphatic heterocycles. The van der Waals surface area contributed by atoms with Crippen molar-refractivity contribution in [3.8, 4) is 11.6 Å². The maximum Gasteiger partial charge on any atom is 0.382 e. The summed E-state index contributed by atoms with van der Waals surface area (Å²) in [6.07, 6.45) is 2.84. The fraction of sp³-hybridized carbons (Fsp3) is 0.100. The Morgan fingerprint density at radius 2 is 2.25 bits per heavy atom. The van der Waals surface area contributed by atoms with Crippen LogP contribution >= 0.6 is 0 Å². The minimum atomic E-state index is -0.620. The lowest BCUT2D eigenvalue weighted by Crippen LogP contribution is -2.07. The largest absolute Gasteiger partial charge is 0.481 e. The smallest absolute Gasteiger partial charge is 0.382 e. The lowest BCUT2D eigenvalue weighted by Gasteiger charge is -2.02. The molecule has 0 spiro atoms. The summed E-state index contributed by atoms with van der Waals surface area (Å²) in [6.45, 7) is 0. The molecule has 6 heteroatoms. The van der Waals surface area contributed by atoms with Crippen molar-refractivity contribution in [2.75, 3.05) is 7.11 Å². The lowest BCUT2D eigenvalue weighted by atomic mass is 10.4. The van der Waals surface area contributed by atoms with E-state index in [4.69, 9.17) is 9.47 Å². The second kappa shape index (κ2) is 4.43. The topological polar surface area (TPSA) is 74.5 Å². The van der Waals surface area contributed by atoms with Crippen LogP contribution in [0.5, 0.6) is 11.6 Å². The van der Waals surface area contributed by atoms with E-state index >= 15 is 0 Å². The molecule has 0 bridgehead atoms. The average molecular weight is 220 g/mol. The maximum atomic E-state index is 11.5. The Hall–Kier alpha value is -2.37. The Kier molecular flexibility index (Phi) is 2.81. The van der Waals surface area contributed by atoms with E-state index < -0.39 is 5.97 Å². The number of methoxy groups -OCH3 is 1. The van der Waals surface area contributed by atoms with Crippen LogP contribution in [0.25, 0.3) is 0 Å². The quantitative estimate of drug-likeness (QED) is 0.725. The average Bonchev–Trinajstić information content (AvgIpc) is 2.83. The van der Waals surface area contributed by atoms with E-state index in [1.54, 1.807) is 0 Å². The van der Waals surface area contributed by atoms with Crippen LogP contribution in [-0.4, -0.2) is 23.2 Å². The van der Waals surface area contributed by atoms with Crippen molar-refractivity contribution in [3.63, 3.8) is 0 Å². The monoisotopic (exact) mass is 220 g/mol. The predicted octanol–water partition coefficient (Wildman–Crippen LogP) is 1.30. The van der Waals surface area contributed by atoms with Gasteiger partial charge < -0.3 is 14.0 Å². The van der Waals surface area contributed by atoms with Crippen molar-refractivity contribution in [2.45, 2.75) is 0 Å². The van der Waals surface area contributed by atoms with E-state index in [0.717, 1.165) is 0 Å². The number of rotatable bonds is 3. The Morgan fingerprint density at radius 1 is 1.38 bits per heavy atom. The zero-order valence-electron chi connectivity index (χ0n) is 8.41. The van der Waals surface area contributed by atoms with Gasteiger partial charge in [-0.15, -0.1) is 0 Å². The standard InChI is InChI=1S/C10H8N2O4/c1-14-9-6-7(2-4-11-9)15-10(13)8-3-5-12-16-8/h2-6H,1H3. The predicted molar refractivity (Wildman–Crippen MR) is 52.3 cm³/mol. The summed E-state index contributed by atoms with van der Waals surface area (Å²) >= 11 is 0. The SMILES string of the molecule is COc1cc(OC(=O)c2ccno2)ccn1. The fourth-order valence-corrected chi connectivity index (χ4v) is 1.04. The Labute approximate surface area is 90.8 Å². The molecular weight excluding hydrogens is 212 g/mol. The number of aromatic nitrogens is 2. The number of ether oxygens (including phenoxy) is 2. The summed E-state index contributed by atoms with van der Waals surface area (Å²) < 4.78 is 14.6. The summed E-state index contributed by atoms with van der Waals surface area (Å²) in [7, 11) is 1.48. The van der Waals surface area contributed by atoms with Gasteiger partial charge in [0.15, 0.2) is 0 Å². The van der Waals surface area contributed by atoms with Gasteiger partial charge in [0.2, 0.25) is 11.6 Å². The van der Waals surface area contributed by atoms with E-state index in [2.05, 4.69) is 14.7 Å². The van der Waals surface area contributed by atoms with Crippen molar-refractivity contribution in [2.24, 2.45) is 0 Å². The molecule has 2 aromatic heterocycles. The van der Waals surface area contributed by atoms with Crippen LogP contribution in [-0.2, 0) is 0 Å². The molecule has 0 amide bonds. The van der Waals surface area contributed by atoms with Crippen LogP contribution in [0.1, 0.15) is 10.6 Å². The van der Waals surface area contributed by atoms with Gasteiger partial charge in [-0.05, 0) is 6.07 Å². The molecule has 0 aliphatic carbocycles. The minimum absolute atomic E-state index is 0.0378. The number of nitrogens with zero attached hydrogens (tertiary/aromatic N) is 2. The number of hydrogen-bond acceptors (Lipinski definition) is 6. The molecule has 0 aliphatic rings. The van der Waals surface area contributed by atoms with Gasteiger partial charge in [-0.3, -0.25) is 0 Å². The molecule has 2 aromatic rings. The first-order valence-electron chi connectivity index (χ1n) is 4.42. The maximum absolute atomic E-state index is 11.5. The second-order valence-corrected chi connectivity index (χ2v) is 2.80. The highest BCUT2D eigenvalue weighted by molar-refractivity contribution is 5.87. The van der Waals surface area contributed by atoms with Gasteiger partial charge in [0, 0.05) is 18.3 Å². The highest BCUT2D eigenvalue weighted by Gasteiger charge is 2.12. The Morgan fingerprint density at radius 3 is 2.94 bits per heavy atom. The zero-order valence-corrected chi connectivity index (χ0v) is 8.41. The summed E-state index contributed by atoms with van der Waals surface area (Å²) in [5.41, 5.74) is 0. The molecule has 0 N–H and O–H groups in total. The van der Waals surface area contributed by atoms with E-state index in [1.807, 2.05) is 0 Å². The number of hydrogen-bond donors (Lipinski definition) is 0. The molecule has 0 fully saturated rings. The molecule has 2 rings (SSSR count). The summed E-state index contributed by atoms with van der Waals surface area (Å²) in [5.74, 6) is 0.109. The van der Waals surface area contributed by atoms with E-state index in [-0.39, 0.29) is 5.76 Å². The molecule has 82 valence electrons. The van der Waals surface area contributed by atoms with Crippen LogP contribution in [0.2, 0.25) is 0 Å². The number of carbonyl (C=O) groups excluding carboxylic acids is 1. The van der Waals surface area contributed by atoms with Crippen LogP contribution in [0.15, 0.2) is 35.1 Å². The highest BCUT2D eigenvalue weighted by atomic mass is 16.6. The first kappa shape index (κ1) is 10.2. The molecule has 0 unspecified atom stereocenters. The third kappa shape index (κ3) is 2.17. The molecule has 0 atom stereocenters. The van der Waals surface area contributed by atoms with Gasteiger partial charge in [-0.1, -0.05) is 5.16 Å². The van der Waals surface area contributed by atoms with Crippen LogP contribution in [0.4, 0.5) is 0 Å². The third-order valence-electron chi connectivity index (χ3n) is 1.77. The molecule has 2 heterocycles. The second-order valence-electron chi connectivity index (χ2n) is 2.80. The molecule has 6 nitrogen and oxygen atoms in total. The van der Waals surface area contributed by atoms with Crippen LogP contribution in [0, 0.1) is 0 Å². The van der Waals surface area contributed by atoms with Gasteiger partial charge >= 0.3 is 5.97 Å². The minimum Gasteiger partial charge on any atom is -0.481 e. The first-order valence-corrected chi connectivity index (χ1v) is 4.42. The molecule has 0 saturated heterocycles. The molecule has 16 heavy (non-hydrogen) atoms. The van der Waals surface area contributed by atoms with Crippen LogP contribution < -0.4 is 9.47 Å². The number of carbonyl (C=O) groups is 1. The summed E-state index contributed by atoms with van der Waals surface area (Å²) in [5, 5.41) is 3.41. The Balaban J connectivity index is 2.12. The van der Waals surface area contributed by atoms with E-state index in [0.29, 0.717) is 11.6 Å². The summed E-state index contributed by atoms with van der Waals surface area (Å²) in [4.78, 5) is 15.3. The van der Waals surface area contributed by atoms with Crippen molar-refractivity contribution < 1.29 is 18.8 Å². The fourth-order valence-electron chi connectivity index (χ4n) is 1.04. The van der Waals surface area contributed by atoms with Gasteiger partial charge in [0.05, 0.1) is 13.3 Å². The van der Waals surface area contributed by atoms with Crippen molar-refractivity contribution >= 4 is 5.97 Å². The first-order chi connectivity index (χ1) is 7.79. The Bertz CT molecular complexity index is 481. The third-order valence-corrected chi connectivity index (χ3v) is 1.77. The molecule has 0 aromatic carbocycles. The van der Waals surface area contributed by atoms with Gasteiger partial charge in [-0.2, -0.15) is 0 Å². The molecular formula is C10H8N2O4. The van der Waals surface area contributed by atoms with Crippen LogP contribution in [0.3, 0.4) is 0 Å². The van der Waals surface area contributed by atoms with E-state index in [9.17, 15) is 4.79 Å². The van der Waals surface area contributed by atoms with Crippen molar-refractivity contribution in [3.05, 3.63) is 36.4 Å². The number of esters is 1. The van der Waals surface area contributed by atoms with Gasteiger partial charge in [-0.25, -0.2) is 9.78 Å². The normalized spacial score (nSPS) is 9.81. The van der Waals surface area contributed by atoms with Crippen molar-refractivity contribution in [1.82, 2.24) is 10.1 Å². The lowest BCUT2D eigenvalue weighted by molar-refractivity contribution is 0.0690.